The number of nitrogens with zero attached hydrogens (tertiary/aromatic N) is 4. The summed E-state index contributed by atoms with van der Waals surface area (Å²) >= 11 is 0. The number of aliphatic hydroxyl groups excluding tert-OH is 3. The maximum absolute atomic E-state index is 10.3. The average molecular weight is 421 g/mol. The van der Waals surface area contributed by atoms with Crippen LogP contribution in [0.3, 0.4) is 0 Å². The van der Waals surface area contributed by atoms with Crippen molar-refractivity contribution < 1.29 is 20.1 Å². The molecular formula is C22H23N5O4. The van der Waals surface area contributed by atoms with E-state index in [2.05, 4.69) is 50.6 Å². The van der Waals surface area contributed by atoms with Crippen LogP contribution in [0.2, 0.25) is 0 Å². The number of benzene rings is 2. The Morgan fingerprint density at radius 3 is 2.65 bits per heavy atom. The predicted molar refractivity (Wildman–Crippen MR) is 114 cm³/mol. The number of ether oxygens (including phenoxy) is 1. The summed E-state index contributed by atoms with van der Waals surface area (Å²) in [6.07, 6.45) is -1.28. The number of anilines is 1. The molecule has 9 nitrogen and oxygen atoms in total. The van der Waals surface area contributed by atoms with Gasteiger partial charge in [0.05, 0.1) is 19.0 Å². The zero-order valence-corrected chi connectivity index (χ0v) is 16.8. The number of rotatable bonds is 5. The van der Waals surface area contributed by atoms with E-state index in [1.54, 1.807) is 4.57 Å². The maximum Gasteiger partial charge on any atom is 0.167 e. The Kier molecular flexibility index (Phi) is 5.03. The van der Waals surface area contributed by atoms with E-state index in [-0.39, 0.29) is 6.04 Å². The van der Waals surface area contributed by atoms with Crippen molar-refractivity contribution in [2.75, 3.05) is 11.9 Å². The molecule has 5 rings (SSSR count). The minimum Gasteiger partial charge on any atom is -0.394 e. The van der Waals surface area contributed by atoms with Gasteiger partial charge >= 0.3 is 0 Å². The predicted octanol–water partition coefficient (Wildman–Crippen LogP) is 1.76. The van der Waals surface area contributed by atoms with Gasteiger partial charge in [-0.15, -0.1) is 0 Å². The lowest BCUT2D eigenvalue weighted by Gasteiger charge is -2.17. The van der Waals surface area contributed by atoms with E-state index < -0.39 is 31.1 Å². The molecule has 0 saturated carbocycles. The molecule has 1 aliphatic heterocycles. The second kappa shape index (κ2) is 7.86. The molecule has 160 valence electrons. The molecule has 3 unspecified atom stereocenters. The number of nitrogens with one attached hydrogen (secondary N) is 1. The van der Waals surface area contributed by atoms with Crippen LogP contribution in [-0.4, -0.2) is 59.8 Å². The van der Waals surface area contributed by atoms with Gasteiger partial charge in [-0.1, -0.05) is 36.4 Å². The highest BCUT2D eigenvalue weighted by molar-refractivity contribution is 5.84. The summed E-state index contributed by atoms with van der Waals surface area (Å²) in [7, 11) is 0. The fourth-order valence-electron chi connectivity index (χ4n) is 4.02. The average Bonchev–Trinajstić information content (AvgIpc) is 3.35. The molecule has 4 N–H and O–H groups in total. The largest absolute Gasteiger partial charge is 0.394 e. The van der Waals surface area contributed by atoms with Crippen molar-refractivity contribution in [3.63, 3.8) is 0 Å². The molecule has 4 aromatic rings. The topological polar surface area (TPSA) is 126 Å². The van der Waals surface area contributed by atoms with Gasteiger partial charge in [0.25, 0.3) is 0 Å². The molecule has 31 heavy (non-hydrogen) atoms. The number of aromatic nitrogens is 4. The van der Waals surface area contributed by atoms with E-state index in [9.17, 15) is 15.3 Å². The molecule has 9 heteroatoms. The third kappa shape index (κ3) is 3.41. The van der Waals surface area contributed by atoms with Crippen molar-refractivity contribution in [1.82, 2.24) is 19.5 Å². The summed E-state index contributed by atoms with van der Waals surface area (Å²) in [5.41, 5.74) is 2.08. The van der Waals surface area contributed by atoms with Crippen LogP contribution in [0.1, 0.15) is 24.8 Å². The van der Waals surface area contributed by atoms with E-state index in [0.29, 0.717) is 17.0 Å². The van der Waals surface area contributed by atoms with Crippen LogP contribution in [0, 0.1) is 0 Å². The standard InChI is InChI=1S/C22H23N5O4/c1-12(14-7-6-13-4-2-3-5-15(13)8-14)26-20-17-21(24-10-23-20)27(11-25-17)22-19(30)18(29)16(9-28)31-22/h2-8,10-12,16,18-19,22,28-30H,9H2,1H3,(H,23,24,26)/t12?,16-,18?,19?,22-/m1/s1. The van der Waals surface area contributed by atoms with Crippen molar-refractivity contribution in [2.45, 2.75) is 37.5 Å². The second-order valence-corrected chi connectivity index (χ2v) is 7.75. The first-order valence-electron chi connectivity index (χ1n) is 10.1. The minimum absolute atomic E-state index is 0.0400. The van der Waals surface area contributed by atoms with Gasteiger partial charge < -0.3 is 25.4 Å². The van der Waals surface area contributed by atoms with Crippen molar-refractivity contribution in [2.24, 2.45) is 0 Å². The quantitative estimate of drug-likeness (QED) is 0.384. The molecule has 2 aromatic carbocycles. The van der Waals surface area contributed by atoms with Gasteiger partial charge in [0.2, 0.25) is 0 Å². The summed E-state index contributed by atoms with van der Waals surface area (Å²) in [4.78, 5) is 13.1. The minimum atomic E-state index is -1.21. The summed E-state index contributed by atoms with van der Waals surface area (Å²) in [5.74, 6) is 0.552. The lowest BCUT2D eigenvalue weighted by molar-refractivity contribution is -0.0511. The monoisotopic (exact) mass is 421 g/mol. The van der Waals surface area contributed by atoms with Gasteiger partial charge in [0.15, 0.2) is 23.2 Å². The number of hydrogen-bond acceptors (Lipinski definition) is 8. The third-order valence-corrected chi connectivity index (χ3v) is 5.78. The van der Waals surface area contributed by atoms with E-state index in [1.807, 2.05) is 19.1 Å². The first-order valence-corrected chi connectivity index (χ1v) is 10.1. The van der Waals surface area contributed by atoms with Gasteiger partial charge in [-0.05, 0) is 29.3 Å². The lowest BCUT2D eigenvalue weighted by Crippen LogP contribution is -2.33. The lowest BCUT2D eigenvalue weighted by atomic mass is 10.0. The number of hydrogen-bond donors (Lipinski definition) is 4. The molecule has 3 heterocycles. The van der Waals surface area contributed by atoms with E-state index in [0.717, 1.165) is 10.9 Å². The van der Waals surface area contributed by atoms with Crippen LogP contribution < -0.4 is 5.32 Å². The van der Waals surface area contributed by atoms with Crippen molar-refractivity contribution in [3.8, 4) is 0 Å². The number of imidazole rings is 1. The molecule has 0 bridgehead atoms. The maximum atomic E-state index is 10.3. The molecule has 2 aromatic heterocycles. The summed E-state index contributed by atoms with van der Waals surface area (Å²) in [6, 6.07) is 14.5. The molecule has 0 spiro atoms. The molecule has 0 radical (unpaired) electrons. The van der Waals surface area contributed by atoms with Gasteiger partial charge in [-0.25, -0.2) is 15.0 Å². The van der Waals surface area contributed by atoms with Gasteiger partial charge in [0.1, 0.15) is 24.6 Å². The molecule has 0 amide bonds. The summed E-state index contributed by atoms with van der Waals surface area (Å²) < 4.78 is 7.16. The SMILES string of the molecule is CC(Nc1ncnc2c1ncn2[C@@H]1O[C@H](CO)C(O)C1O)c1ccc2ccccc2c1. The summed E-state index contributed by atoms with van der Waals surface area (Å²) in [5, 5.41) is 35.5. The third-order valence-electron chi connectivity index (χ3n) is 5.78. The normalized spacial score (nSPS) is 24.6. The molecule has 1 saturated heterocycles. The Balaban J connectivity index is 1.44. The van der Waals surface area contributed by atoms with Gasteiger partial charge in [0, 0.05) is 0 Å². The molecule has 5 atom stereocenters. The molecular weight excluding hydrogens is 398 g/mol. The number of aliphatic hydroxyl groups is 3. The van der Waals surface area contributed by atoms with Crippen LogP contribution in [0.15, 0.2) is 55.1 Å². The van der Waals surface area contributed by atoms with Crippen LogP contribution in [-0.2, 0) is 4.74 Å². The first kappa shape index (κ1) is 19.8. The van der Waals surface area contributed by atoms with Gasteiger partial charge in [-0.2, -0.15) is 0 Å². The zero-order chi connectivity index (χ0) is 21.5. The Hall–Kier alpha value is -3.11. The van der Waals surface area contributed by atoms with E-state index in [1.165, 1.54) is 18.0 Å². The van der Waals surface area contributed by atoms with Gasteiger partial charge in [-0.3, -0.25) is 4.57 Å². The smallest absolute Gasteiger partial charge is 0.167 e. The Morgan fingerprint density at radius 2 is 1.87 bits per heavy atom. The van der Waals surface area contributed by atoms with Crippen LogP contribution in [0.5, 0.6) is 0 Å². The van der Waals surface area contributed by atoms with Crippen molar-refractivity contribution in [3.05, 3.63) is 60.7 Å². The van der Waals surface area contributed by atoms with Crippen LogP contribution >= 0.6 is 0 Å². The van der Waals surface area contributed by atoms with E-state index >= 15 is 0 Å². The van der Waals surface area contributed by atoms with Crippen LogP contribution in [0.25, 0.3) is 21.9 Å². The molecule has 1 fully saturated rings. The van der Waals surface area contributed by atoms with Crippen molar-refractivity contribution >= 4 is 27.8 Å². The second-order valence-electron chi connectivity index (χ2n) is 7.75. The summed E-state index contributed by atoms with van der Waals surface area (Å²) in [6.45, 7) is 1.65. The van der Waals surface area contributed by atoms with E-state index in [4.69, 9.17) is 4.74 Å². The Labute approximate surface area is 178 Å². The highest BCUT2D eigenvalue weighted by Gasteiger charge is 2.44. The molecule has 0 aliphatic carbocycles. The Morgan fingerprint density at radius 1 is 1.06 bits per heavy atom. The fourth-order valence-corrected chi connectivity index (χ4v) is 4.02. The first-order chi connectivity index (χ1) is 15.1. The number of fused-ring (bicyclic) bond motifs is 2. The van der Waals surface area contributed by atoms with Crippen molar-refractivity contribution in [1.29, 1.82) is 0 Å². The van der Waals surface area contributed by atoms with Crippen LogP contribution in [0.4, 0.5) is 5.82 Å². The molecule has 1 aliphatic rings. The zero-order valence-electron chi connectivity index (χ0n) is 16.8. The Bertz CT molecular complexity index is 1230. The highest BCUT2D eigenvalue weighted by Crippen LogP contribution is 2.32. The highest BCUT2D eigenvalue weighted by atomic mass is 16.6. The fraction of sp³-hybridized carbons (Fsp3) is 0.318.